The Morgan fingerprint density at radius 2 is 1.88 bits per heavy atom. The molecule has 0 amide bonds. The predicted octanol–water partition coefficient (Wildman–Crippen LogP) is 3.33. The Kier molecular flexibility index (Phi) is 5.94. The van der Waals surface area contributed by atoms with E-state index in [0.717, 1.165) is 26.2 Å². The van der Waals surface area contributed by atoms with Crippen molar-refractivity contribution in [3.05, 3.63) is 29.8 Å². The fourth-order valence-electron chi connectivity index (χ4n) is 1.44. The number of rotatable bonds is 7. The number of hydrogen-bond acceptors (Lipinski definition) is 2. The molecule has 0 radical (unpaired) electrons. The van der Waals surface area contributed by atoms with Crippen molar-refractivity contribution in [1.29, 1.82) is 0 Å². The molecule has 0 aromatic heterocycles. The summed E-state index contributed by atoms with van der Waals surface area (Å²) in [7, 11) is 0. The zero-order valence-corrected chi connectivity index (χ0v) is 10.6. The van der Waals surface area contributed by atoms with Crippen molar-refractivity contribution < 1.29 is 4.74 Å². The minimum Gasteiger partial charge on any atom is -0.383 e. The van der Waals surface area contributed by atoms with Crippen LogP contribution in [-0.2, 0) is 11.2 Å². The molecule has 1 aromatic carbocycles. The molecule has 0 unspecified atom stereocenters. The van der Waals surface area contributed by atoms with Gasteiger partial charge < -0.3 is 10.1 Å². The summed E-state index contributed by atoms with van der Waals surface area (Å²) in [6.45, 7) is 8.98. The summed E-state index contributed by atoms with van der Waals surface area (Å²) in [5, 5.41) is 3.34. The van der Waals surface area contributed by atoms with Crippen LogP contribution in [-0.4, -0.2) is 19.8 Å². The van der Waals surface area contributed by atoms with Crippen molar-refractivity contribution in [2.75, 3.05) is 25.1 Å². The number of ether oxygens (including phenoxy) is 1. The fraction of sp³-hybridized carbons (Fsp3) is 0.571. The van der Waals surface area contributed by atoms with Crippen molar-refractivity contribution >= 4 is 5.69 Å². The van der Waals surface area contributed by atoms with Crippen molar-refractivity contribution in [1.82, 2.24) is 0 Å². The molecule has 0 spiro atoms. The monoisotopic (exact) mass is 221 g/mol. The van der Waals surface area contributed by atoms with Gasteiger partial charge in [-0.15, -0.1) is 0 Å². The average Bonchev–Trinajstić information content (AvgIpc) is 2.29. The van der Waals surface area contributed by atoms with Crippen LogP contribution in [0, 0.1) is 5.92 Å². The molecule has 0 heterocycles. The summed E-state index contributed by atoms with van der Waals surface area (Å²) < 4.78 is 5.50. The second-order valence-electron chi connectivity index (χ2n) is 4.45. The van der Waals surface area contributed by atoms with Gasteiger partial charge in [0.15, 0.2) is 0 Å². The van der Waals surface area contributed by atoms with Crippen LogP contribution in [0.25, 0.3) is 0 Å². The second-order valence-corrected chi connectivity index (χ2v) is 4.45. The summed E-state index contributed by atoms with van der Waals surface area (Å²) in [5.41, 5.74) is 2.55. The van der Waals surface area contributed by atoms with Gasteiger partial charge in [-0.05, 0) is 30.0 Å². The van der Waals surface area contributed by atoms with Crippen LogP contribution in [0.3, 0.4) is 0 Å². The Balaban J connectivity index is 2.16. The quantitative estimate of drug-likeness (QED) is 0.713. The molecule has 0 saturated carbocycles. The molecule has 0 atom stereocenters. The van der Waals surface area contributed by atoms with Gasteiger partial charge in [0.25, 0.3) is 0 Å². The molecular weight excluding hydrogens is 198 g/mol. The molecule has 0 saturated heterocycles. The Morgan fingerprint density at radius 3 is 2.44 bits per heavy atom. The third-order valence-electron chi connectivity index (χ3n) is 2.39. The maximum atomic E-state index is 5.50. The molecule has 90 valence electrons. The van der Waals surface area contributed by atoms with Crippen LogP contribution in [0.1, 0.15) is 26.3 Å². The van der Waals surface area contributed by atoms with E-state index in [1.54, 1.807) is 0 Å². The zero-order valence-electron chi connectivity index (χ0n) is 10.6. The Hall–Kier alpha value is -1.02. The van der Waals surface area contributed by atoms with E-state index >= 15 is 0 Å². The number of anilines is 1. The van der Waals surface area contributed by atoms with Crippen LogP contribution in [0.2, 0.25) is 0 Å². The van der Waals surface area contributed by atoms with Crippen LogP contribution < -0.4 is 5.32 Å². The third-order valence-corrected chi connectivity index (χ3v) is 2.39. The fourth-order valence-corrected chi connectivity index (χ4v) is 1.44. The summed E-state index contributed by atoms with van der Waals surface area (Å²) >= 11 is 0. The lowest BCUT2D eigenvalue weighted by molar-refractivity contribution is 0.118. The zero-order chi connectivity index (χ0) is 11.8. The van der Waals surface area contributed by atoms with E-state index in [2.05, 4.69) is 50.4 Å². The highest BCUT2D eigenvalue weighted by molar-refractivity contribution is 5.44. The maximum Gasteiger partial charge on any atom is 0.0639 e. The van der Waals surface area contributed by atoms with Gasteiger partial charge in [0.1, 0.15) is 0 Å². The van der Waals surface area contributed by atoms with Gasteiger partial charge >= 0.3 is 0 Å². The van der Waals surface area contributed by atoms with Gasteiger partial charge in [0.05, 0.1) is 6.61 Å². The van der Waals surface area contributed by atoms with E-state index < -0.39 is 0 Å². The largest absolute Gasteiger partial charge is 0.383 e. The van der Waals surface area contributed by atoms with E-state index in [1.165, 1.54) is 11.3 Å². The molecule has 0 aliphatic heterocycles. The van der Waals surface area contributed by atoms with Crippen molar-refractivity contribution in [3.63, 3.8) is 0 Å². The van der Waals surface area contributed by atoms with Crippen LogP contribution in [0.4, 0.5) is 5.69 Å². The smallest absolute Gasteiger partial charge is 0.0639 e. The Morgan fingerprint density at radius 1 is 1.19 bits per heavy atom. The normalized spacial score (nSPS) is 10.8. The summed E-state index contributed by atoms with van der Waals surface area (Å²) in [5.74, 6) is 0.615. The molecule has 0 aliphatic carbocycles. The van der Waals surface area contributed by atoms with Crippen LogP contribution in [0.5, 0.6) is 0 Å². The van der Waals surface area contributed by atoms with Crippen molar-refractivity contribution in [2.45, 2.75) is 27.2 Å². The summed E-state index contributed by atoms with van der Waals surface area (Å²) in [6, 6.07) is 8.58. The highest BCUT2D eigenvalue weighted by Gasteiger charge is 1.94. The lowest BCUT2D eigenvalue weighted by atomic mass is 10.1. The highest BCUT2D eigenvalue weighted by Crippen LogP contribution is 2.09. The van der Waals surface area contributed by atoms with Crippen LogP contribution >= 0.6 is 0 Å². The molecule has 0 bridgehead atoms. The van der Waals surface area contributed by atoms with Gasteiger partial charge in [0, 0.05) is 18.8 Å². The first kappa shape index (κ1) is 13.0. The number of nitrogens with one attached hydrogen (secondary N) is 1. The van der Waals surface area contributed by atoms with E-state index in [-0.39, 0.29) is 0 Å². The topological polar surface area (TPSA) is 21.3 Å². The first-order valence-electron chi connectivity index (χ1n) is 6.13. The van der Waals surface area contributed by atoms with Gasteiger partial charge in [-0.1, -0.05) is 32.9 Å². The lowest BCUT2D eigenvalue weighted by Crippen LogP contribution is -2.12. The number of benzene rings is 1. The minimum absolute atomic E-state index is 0.615. The van der Waals surface area contributed by atoms with E-state index in [1.807, 2.05) is 0 Å². The van der Waals surface area contributed by atoms with Crippen LogP contribution in [0.15, 0.2) is 24.3 Å². The van der Waals surface area contributed by atoms with Gasteiger partial charge in [-0.3, -0.25) is 0 Å². The molecule has 16 heavy (non-hydrogen) atoms. The minimum atomic E-state index is 0.615. The van der Waals surface area contributed by atoms with Gasteiger partial charge in [-0.2, -0.15) is 0 Å². The van der Waals surface area contributed by atoms with Crippen molar-refractivity contribution in [3.8, 4) is 0 Å². The van der Waals surface area contributed by atoms with Gasteiger partial charge in [0.2, 0.25) is 0 Å². The lowest BCUT2D eigenvalue weighted by Gasteiger charge is -2.09. The van der Waals surface area contributed by atoms with E-state index in [9.17, 15) is 0 Å². The molecular formula is C14H23NO. The average molecular weight is 221 g/mol. The summed E-state index contributed by atoms with van der Waals surface area (Å²) in [4.78, 5) is 0. The molecule has 1 aromatic rings. The van der Waals surface area contributed by atoms with E-state index in [4.69, 9.17) is 4.74 Å². The van der Waals surface area contributed by atoms with Crippen molar-refractivity contribution in [2.24, 2.45) is 5.92 Å². The highest BCUT2D eigenvalue weighted by atomic mass is 16.5. The second kappa shape index (κ2) is 7.29. The molecule has 0 fully saturated rings. The Bertz CT molecular complexity index is 279. The third kappa shape index (κ3) is 5.17. The van der Waals surface area contributed by atoms with Gasteiger partial charge in [-0.25, -0.2) is 0 Å². The molecule has 1 rings (SSSR count). The molecule has 0 aliphatic rings. The molecule has 2 nitrogen and oxygen atoms in total. The number of hydrogen-bond donors (Lipinski definition) is 1. The SMILES string of the molecule is CCc1ccc(NCCOCC(C)C)cc1. The van der Waals surface area contributed by atoms with E-state index in [0.29, 0.717) is 5.92 Å². The first-order valence-corrected chi connectivity index (χ1v) is 6.13. The standard InChI is InChI=1S/C14H23NO/c1-4-13-5-7-14(8-6-13)15-9-10-16-11-12(2)3/h5-8,12,15H,4,9-11H2,1-3H3. The maximum absolute atomic E-state index is 5.50. The summed E-state index contributed by atoms with van der Waals surface area (Å²) in [6.07, 6.45) is 1.10. The molecule has 2 heteroatoms. The first-order chi connectivity index (χ1) is 7.72. The predicted molar refractivity (Wildman–Crippen MR) is 70.0 cm³/mol. The molecule has 1 N–H and O–H groups in total. The number of aryl methyl sites for hydroxylation is 1. The Labute approximate surface area is 99.0 Å².